The molecular formula is C18H21N4O2+. The van der Waals surface area contributed by atoms with Crippen molar-refractivity contribution in [3.05, 3.63) is 47.8 Å². The molecule has 0 radical (unpaired) electrons. The number of nitrogens with zero attached hydrogens (tertiary/aromatic N) is 4. The first-order valence-electron chi connectivity index (χ1n) is 7.57. The molecule has 24 heavy (non-hydrogen) atoms. The maximum atomic E-state index is 12.1. The normalized spacial score (nSPS) is 19.2. The van der Waals surface area contributed by atoms with Crippen molar-refractivity contribution in [3.8, 4) is 6.07 Å². The highest BCUT2D eigenvalue weighted by atomic mass is 16.5. The Morgan fingerprint density at radius 1 is 1.38 bits per heavy atom. The third kappa shape index (κ3) is 4.54. The number of esters is 1. The summed E-state index contributed by atoms with van der Waals surface area (Å²) in [6.45, 7) is 0.784. The molecule has 0 spiro atoms. The summed E-state index contributed by atoms with van der Waals surface area (Å²) in [6.07, 6.45) is 6.91. The van der Waals surface area contributed by atoms with E-state index in [1.165, 1.54) is 6.08 Å². The monoisotopic (exact) mass is 325 g/mol. The maximum absolute atomic E-state index is 12.1. The summed E-state index contributed by atoms with van der Waals surface area (Å²) in [5, 5.41) is 9.20. The van der Waals surface area contributed by atoms with E-state index in [4.69, 9.17) is 4.74 Å². The summed E-state index contributed by atoms with van der Waals surface area (Å²) in [4.78, 5) is 18.1. The molecule has 0 bridgehead atoms. The van der Waals surface area contributed by atoms with Crippen molar-refractivity contribution >= 4 is 24.1 Å². The molecule has 1 heterocycles. The molecular weight excluding hydrogens is 304 g/mol. The van der Waals surface area contributed by atoms with Crippen LogP contribution in [0.3, 0.4) is 0 Å². The third-order valence-corrected chi connectivity index (χ3v) is 3.69. The van der Waals surface area contributed by atoms with Crippen molar-refractivity contribution < 1.29 is 14.0 Å². The van der Waals surface area contributed by atoms with E-state index in [2.05, 4.69) is 4.99 Å². The summed E-state index contributed by atoms with van der Waals surface area (Å²) >= 11 is 0. The average Bonchev–Trinajstić information content (AvgIpc) is 2.99. The van der Waals surface area contributed by atoms with E-state index >= 15 is 0 Å². The number of hydrogen-bond acceptors (Lipinski definition) is 5. The topological polar surface area (TPSA) is 65.7 Å². The van der Waals surface area contributed by atoms with Crippen molar-refractivity contribution in [2.24, 2.45) is 4.99 Å². The highest BCUT2D eigenvalue weighted by Gasteiger charge is 2.20. The van der Waals surface area contributed by atoms with Gasteiger partial charge in [0.1, 0.15) is 31.0 Å². The SMILES string of the molecule is CN(C)c1ccc(C=C(C#N)C(=O)OCC[N+]2(C)C=CN=C2)cc1. The van der Waals surface area contributed by atoms with Crippen LogP contribution in [0.25, 0.3) is 6.08 Å². The number of benzene rings is 1. The lowest BCUT2D eigenvalue weighted by Gasteiger charge is -2.20. The van der Waals surface area contributed by atoms with Gasteiger partial charge in [-0.15, -0.1) is 0 Å². The number of hydrogen-bond donors (Lipinski definition) is 0. The molecule has 0 fully saturated rings. The van der Waals surface area contributed by atoms with Crippen LogP contribution in [0, 0.1) is 11.3 Å². The minimum absolute atomic E-state index is 0.0131. The van der Waals surface area contributed by atoms with Gasteiger partial charge in [0.15, 0.2) is 6.34 Å². The molecule has 0 aliphatic carbocycles. The summed E-state index contributed by atoms with van der Waals surface area (Å²) in [5.74, 6) is -0.610. The molecule has 1 aliphatic rings. The van der Waals surface area contributed by atoms with E-state index in [9.17, 15) is 10.1 Å². The van der Waals surface area contributed by atoms with Crippen LogP contribution in [0.1, 0.15) is 5.56 Å². The predicted octanol–water partition coefficient (Wildman–Crippen LogP) is 2.16. The van der Waals surface area contributed by atoms with Crippen molar-refractivity contribution in [1.82, 2.24) is 0 Å². The molecule has 1 aromatic rings. The second-order valence-electron chi connectivity index (χ2n) is 5.92. The van der Waals surface area contributed by atoms with Crippen LogP contribution in [0.2, 0.25) is 0 Å². The van der Waals surface area contributed by atoms with E-state index in [0.717, 1.165) is 11.3 Å². The first kappa shape index (κ1) is 17.4. The Morgan fingerprint density at radius 2 is 2.08 bits per heavy atom. The summed E-state index contributed by atoms with van der Waals surface area (Å²) < 4.78 is 5.68. The second kappa shape index (κ2) is 7.57. The molecule has 0 saturated heterocycles. The highest BCUT2D eigenvalue weighted by molar-refractivity contribution is 5.97. The zero-order valence-corrected chi connectivity index (χ0v) is 14.1. The zero-order valence-electron chi connectivity index (χ0n) is 14.1. The van der Waals surface area contributed by atoms with Crippen LogP contribution < -0.4 is 4.90 Å². The lowest BCUT2D eigenvalue weighted by molar-refractivity contribution is -0.756. The van der Waals surface area contributed by atoms with Crippen LogP contribution in [-0.2, 0) is 9.53 Å². The van der Waals surface area contributed by atoms with Crippen molar-refractivity contribution in [2.45, 2.75) is 0 Å². The Hall–Kier alpha value is -2.91. The molecule has 0 amide bonds. The minimum atomic E-state index is -0.610. The number of quaternary nitrogens is 1. The molecule has 6 nitrogen and oxygen atoms in total. The van der Waals surface area contributed by atoms with E-state index in [0.29, 0.717) is 11.0 Å². The number of rotatable bonds is 6. The average molecular weight is 325 g/mol. The fourth-order valence-electron chi connectivity index (χ4n) is 2.14. The Balaban J connectivity index is 1.96. The Morgan fingerprint density at radius 3 is 2.62 bits per heavy atom. The van der Waals surface area contributed by atoms with Gasteiger partial charge in [0, 0.05) is 19.8 Å². The van der Waals surface area contributed by atoms with Crippen LogP contribution in [0.4, 0.5) is 5.69 Å². The second-order valence-corrected chi connectivity index (χ2v) is 5.92. The molecule has 124 valence electrons. The standard InChI is InChI=1S/C18H21N4O2/c1-21(2)17-6-4-15(5-7-17)12-16(13-19)18(23)24-11-10-22(3)9-8-20-14-22/h4-9,12,14H,10-11H2,1-3H3/q+1. The largest absolute Gasteiger partial charge is 0.456 e. The van der Waals surface area contributed by atoms with Gasteiger partial charge in [-0.05, 0) is 23.8 Å². The number of nitriles is 1. The van der Waals surface area contributed by atoms with Crippen LogP contribution >= 0.6 is 0 Å². The molecule has 1 aliphatic heterocycles. The third-order valence-electron chi connectivity index (χ3n) is 3.69. The molecule has 1 unspecified atom stereocenters. The maximum Gasteiger partial charge on any atom is 0.349 e. The summed E-state index contributed by atoms with van der Waals surface area (Å²) in [5.41, 5.74) is 1.81. The minimum Gasteiger partial charge on any atom is -0.456 e. The van der Waals surface area contributed by atoms with Gasteiger partial charge in [0.2, 0.25) is 0 Å². The van der Waals surface area contributed by atoms with Gasteiger partial charge in [-0.1, -0.05) is 12.1 Å². The van der Waals surface area contributed by atoms with E-state index in [1.807, 2.05) is 62.6 Å². The molecule has 0 N–H and O–H groups in total. The van der Waals surface area contributed by atoms with Crippen LogP contribution in [0.5, 0.6) is 0 Å². The van der Waals surface area contributed by atoms with Crippen LogP contribution in [0.15, 0.2) is 47.2 Å². The Labute approximate surface area is 142 Å². The lowest BCUT2D eigenvalue weighted by Crippen LogP contribution is -2.38. The highest BCUT2D eigenvalue weighted by Crippen LogP contribution is 2.15. The van der Waals surface area contributed by atoms with Gasteiger partial charge in [-0.25, -0.2) is 9.79 Å². The van der Waals surface area contributed by atoms with Gasteiger partial charge in [-0.2, -0.15) is 5.26 Å². The van der Waals surface area contributed by atoms with Crippen molar-refractivity contribution in [3.63, 3.8) is 0 Å². The fraction of sp³-hybridized carbons (Fsp3) is 0.278. The lowest BCUT2D eigenvalue weighted by atomic mass is 10.1. The fourth-order valence-corrected chi connectivity index (χ4v) is 2.14. The van der Waals surface area contributed by atoms with Gasteiger partial charge in [0.25, 0.3) is 0 Å². The van der Waals surface area contributed by atoms with Crippen molar-refractivity contribution in [1.29, 1.82) is 5.26 Å². The van der Waals surface area contributed by atoms with E-state index in [1.54, 1.807) is 12.5 Å². The van der Waals surface area contributed by atoms with Crippen LogP contribution in [-0.4, -0.2) is 51.1 Å². The Bertz CT molecular complexity index is 712. The van der Waals surface area contributed by atoms with Gasteiger partial charge in [-0.3, -0.25) is 4.48 Å². The number of ether oxygens (including phenoxy) is 1. The smallest absolute Gasteiger partial charge is 0.349 e. The van der Waals surface area contributed by atoms with E-state index in [-0.39, 0.29) is 12.2 Å². The predicted molar refractivity (Wildman–Crippen MR) is 94.0 cm³/mol. The van der Waals surface area contributed by atoms with E-state index < -0.39 is 5.97 Å². The molecule has 1 atom stereocenters. The first-order valence-corrected chi connectivity index (χ1v) is 7.57. The van der Waals surface area contributed by atoms with Gasteiger partial charge < -0.3 is 9.64 Å². The van der Waals surface area contributed by atoms with Gasteiger partial charge in [0.05, 0.1) is 13.2 Å². The molecule has 6 heteroatoms. The molecule has 0 saturated carbocycles. The van der Waals surface area contributed by atoms with Gasteiger partial charge >= 0.3 is 5.97 Å². The molecule has 1 aromatic carbocycles. The number of carbonyl (C=O) groups is 1. The van der Waals surface area contributed by atoms with Crippen molar-refractivity contribution in [2.75, 3.05) is 39.2 Å². The number of anilines is 1. The molecule has 2 rings (SSSR count). The first-order chi connectivity index (χ1) is 11.4. The number of likely N-dealkylation sites (N-methyl/N-ethyl adjacent to an activating group) is 1. The zero-order chi connectivity index (χ0) is 17.6. The summed E-state index contributed by atoms with van der Waals surface area (Å²) in [7, 11) is 5.85. The summed E-state index contributed by atoms with van der Waals surface area (Å²) in [6, 6.07) is 9.48. The quantitative estimate of drug-likeness (QED) is 0.348. The number of aliphatic imine (C=N–C) groups is 1. The number of carbonyl (C=O) groups excluding carboxylic acids is 1. The Kier molecular flexibility index (Phi) is 5.51. The molecule has 0 aromatic heterocycles.